The van der Waals surface area contributed by atoms with Crippen LogP contribution < -0.4 is 5.32 Å². The topological polar surface area (TPSA) is 12.0 Å². The highest BCUT2D eigenvalue weighted by Gasteiger charge is 2.19. The molecule has 0 aromatic carbocycles. The average Bonchev–Trinajstić information content (AvgIpc) is 2.12. The van der Waals surface area contributed by atoms with Crippen molar-refractivity contribution in [3.05, 3.63) is 49.2 Å². The number of rotatable bonds is 5. The molecule has 0 aliphatic rings. The Labute approximate surface area is 81.5 Å². The van der Waals surface area contributed by atoms with Gasteiger partial charge in [0.1, 0.15) is 0 Å². The summed E-state index contributed by atoms with van der Waals surface area (Å²) in [5.41, 5.74) is 1.97. The second-order valence-corrected chi connectivity index (χ2v) is 3.50. The maximum Gasteiger partial charge on any atom is 0.00926 e. The standard InChI is InChI=1S/C12H19N/c1-7-10(3)11(9-13-6)12(4,5)8-2/h7-9,13H,1-3H2,4-6H3/b11-9+. The highest BCUT2D eigenvalue weighted by atomic mass is 14.8. The molecule has 0 radical (unpaired) electrons. The van der Waals surface area contributed by atoms with E-state index in [0.29, 0.717) is 0 Å². The second-order valence-electron chi connectivity index (χ2n) is 3.50. The molecule has 0 aromatic heterocycles. The lowest BCUT2D eigenvalue weighted by atomic mass is 9.81. The fraction of sp³-hybridized carbons (Fsp3) is 0.333. The fourth-order valence-corrected chi connectivity index (χ4v) is 1.06. The predicted octanol–water partition coefficient (Wildman–Crippen LogP) is 3.04. The molecule has 1 heteroatoms. The predicted molar refractivity (Wildman–Crippen MR) is 60.5 cm³/mol. The van der Waals surface area contributed by atoms with E-state index in [9.17, 15) is 0 Å². The SMILES string of the molecule is C=CC(=C)/C(=C\NC)C(C)(C)C=C. The van der Waals surface area contributed by atoms with Gasteiger partial charge in [-0.3, -0.25) is 0 Å². The van der Waals surface area contributed by atoms with E-state index in [1.807, 2.05) is 19.3 Å². The molecule has 0 heterocycles. The van der Waals surface area contributed by atoms with Gasteiger partial charge < -0.3 is 5.32 Å². The van der Waals surface area contributed by atoms with Crippen LogP contribution in [0.4, 0.5) is 0 Å². The van der Waals surface area contributed by atoms with Crippen LogP contribution in [0.5, 0.6) is 0 Å². The first kappa shape index (κ1) is 11.8. The molecule has 13 heavy (non-hydrogen) atoms. The Morgan fingerprint density at radius 1 is 1.31 bits per heavy atom. The summed E-state index contributed by atoms with van der Waals surface area (Å²) in [6.45, 7) is 15.6. The third kappa shape index (κ3) is 2.94. The molecule has 1 N–H and O–H groups in total. The molecular weight excluding hydrogens is 158 g/mol. The van der Waals surface area contributed by atoms with E-state index in [1.165, 1.54) is 0 Å². The van der Waals surface area contributed by atoms with Crippen LogP contribution in [0.15, 0.2) is 49.2 Å². The smallest absolute Gasteiger partial charge is 0.00926 e. The van der Waals surface area contributed by atoms with Gasteiger partial charge in [0.2, 0.25) is 0 Å². The maximum atomic E-state index is 3.93. The van der Waals surface area contributed by atoms with Gasteiger partial charge in [0.25, 0.3) is 0 Å². The second kappa shape index (κ2) is 4.70. The molecule has 0 atom stereocenters. The summed E-state index contributed by atoms with van der Waals surface area (Å²) in [6.07, 6.45) is 5.60. The van der Waals surface area contributed by atoms with Crippen molar-refractivity contribution in [2.24, 2.45) is 5.41 Å². The third-order valence-electron chi connectivity index (χ3n) is 2.09. The van der Waals surface area contributed by atoms with E-state index < -0.39 is 0 Å². The van der Waals surface area contributed by atoms with Crippen molar-refractivity contribution in [2.75, 3.05) is 7.05 Å². The first-order valence-corrected chi connectivity index (χ1v) is 4.32. The summed E-state index contributed by atoms with van der Waals surface area (Å²) in [5.74, 6) is 0. The van der Waals surface area contributed by atoms with Crippen LogP contribution in [0.25, 0.3) is 0 Å². The summed E-state index contributed by atoms with van der Waals surface area (Å²) in [5, 5.41) is 3.01. The van der Waals surface area contributed by atoms with E-state index in [-0.39, 0.29) is 5.41 Å². The zero-order valence-electron chi connectivity index (χ0n) is 8.85. The van der Waals surface area contributed by atoms with Crippen LogP contribution in [0.2, 0.25) is 0 Å². The Morgan fingerprint density at radius 2 is 1.85 bits per heavy atom. The summed E-state index contributed by atoms with van der Waals surface area (Å²) < 4.78 is 0. The van der Waals surface area contributed by atoms with Gasteiger partial charge in [-0.1, -0.05) is 39.2 Å². The van der Waals surface area contributed by atoms with E-state index in [0.717, 1.165) is 11.1 Å². The van der Waals surface area contributed by atoms with Crippen molar-refractivity contribution >= 4 is 0 Å². The first-order chi connectivity index (χ1) is 5.99. The zero-order chi connectivity index (χ0) is 10.5. The number of hydrogen-bond acceptors (Lipinski definition) is 1. The highest BCUT2D eigenvalue weighted by Crippen LogP contribution is 2.31. The molecule has 0 saturated heterocycles. The van der Waals surface area contributed by atoms with Crippen molar-refractivity contribution in [2.45, 2.75) is 13.8 Å². The Kier molecular flexibility index (Phi) is 4.26. The molecular formula is C12H19N. The Hall–Kier alpha value is -1.24. The van der Waals surface area contributed by atoms with Crippen molar-refractivity contribution in [3.63, 3.8) is 0 Å². The Morgan fingerprint density at radius 3 is 2.15 bits per heavy atom. The van der Waals surface area contributed by atoms with E-state index in [4.69, 9.17) is 0 Å². The molecule has 0 aromatic rings. The van der Waals surface area contributed by atoms with Crippen molar-refractivity contribution in [1.82, 2.24) is 5.32 Å². The molecule has 0 saturated carbocycles. The minimum atomic E-state index is -0.0751. The molecule has 0 unspecified atom stereocenters. The minimum absolute atomic E-state index is 0.0751. The van der Waals surface area contributed by atoms with Gasteiger partial charge in [0.05, 0.1) is 0 Å². The lowest BCUT2D eigenvalue weighted by molar-refractivity contribution is 0.587. The van der Waals surface area contributed by atoms with Crippen LogP contribution in [0.3, 0.4) is 0 Å². The lowest BCUT2D eigenvalue weighted by Crippen LogP contribution is -2.14. The maximum absolute atomic E-state index is 3.93. The molecule has 72 valence electrons. The van der Waals surface area contributed by atoms with Gasteiger partial charge in [-0.15, -0.1) is 6.58 Å². The van der Waals surface area contributed by atoms with Crippen molar-refractivity contribution in [3.8, 4) is 0 Å². The summed E-state index contributed by atoms with van der Waals surface area (Å²) in [6, 6.07) is 0. The molecule has 0 aliphatic heterocycles. The number of nitrogens with one attached hydrogen (secondary N) is 1. The average molecular weight is 177 g/mol. The third-order valence-corrected chi connectivity index (χ3v) is 2.09. The quantitative estimate of drug-likeness (QED) is 0.503. The first-order valence-electron chi connectivity index (χ1n) is 4.32. The van der Waals surface area contributed by atoms with Gasteiger partial charge in [-0.2, -0.15) is 0 Å². The largest absolute Gasteiger partial charge is 0.394 e. The van der Waals surface area contributed by atoms with Crippen LogP contribution in [-0.2, 0) is 0 Å². The summed E-state index contributed by atoms with van der Waals surface area (Å²) in [4.78, 5) is 0. The van der Waals surface area contributed by atoms with E-state index >= 15 is 0 Å². The zero-order valence-corrected chi connectivity index (χ0v) is 8.85. The molecule has 0 spiro atoms. The van der Waals surface area contributed by atoms with Crippen molar-refractivity contribution in [1.29, 1.82) is 0 Å². The van der Waals surface area contributed by atoms with Crippen LogP contribution >= 0.6 is 0 Å². The molecule has 1 nitrogen and oxygen atoms in total. The Bertz CT molecular complexity index is 244. The monoisotopic (exact) mass is 177 g/mol. The number of allylic oxidation sites excluding steroid dienone is 4. The molecule has 0 bridgehead atoms. The van der Waals surface area contributed by atoms with Crippen molar-refractivity contribution < 1.29 is 0 Å². The summed E-state index contributed by atoms with van der Waals surface area (Å²) in [7, 11) is 1.87. The molecule has 0 fully saturated rings. The fourth-order valence-electron chi connectivity index (χ4n) is 1.06. The molecule has 0 amide bonds. The van der Waals surface area contributed by atoms with Gasteiger partial charge >= 0.3 is 0 Å². The Balaban J connectivity index is 5.03. The highest BCUT2D eigenvalue weighted by molar-refractivity contribution is 5.42. The van der Waals surface area contributed by atoms with Gasteiger partial charge in [-0.25, -0.2) is 0 Å². The molecule has 0 rings (SSSR count). The van der Waals surface area contributed by atoms with Gasteiger partial charge in [0, 0.05) is 18.7 Å². The normalized spacial score (nSPS) is 12.1. The van der Waals surface area contributed by atoms with Gasteiger partial charge in [0.15, 0.2) is 0 Å². The minimum Gasteiger partial charge on any atom is -0.394 e. The van der Waals surface area contributed by atoms with Crippen LogP contribution in [0.1, 0.15) is 13.8 Å². The summed E-state index contributed by atoms with van der Waals surface area (Å²) >= 11 is 0. The van der Waals surface area contributed by atoms with Gasteiger partial charge in [-0.05, 0) is 11.1 Å². The van der Waals surface area contributed by atoms with Crippen LogP contribution in [0, 0.1) is 5.41 Å². The van der Waals surface area contributed by atoms with E-state index in [2.05, 4.69) is 38.9 Å². The van der Waals surface area contributed by atoms with E-state index in [1.54, 1.807) is 6.08 Å². The van der Waals surface area contributed by atoms with Crippen LogP contribution in [-0.4, -0.2) is 7.05 Å². The number of hydrogen-bond donors (Lipinski definition) is 1. The lowest BCUT2D eigenvalue weighted by Gasteiger charge is -2.24. The molecule has 0 aliphatic carbocycles.